The number of aromatic nitrogens is 2. The van der Waals surface area contributed by atoms with Crippen LogP contribution in [-0.4, -0.2) is 9.55 Å². The van der Waals surface area contributed by atoms with E-state index in [0.717, 1.165) is 41.1 Å². The second-order valence-corrected chi connectivity index (χ2v) is 7.74. The summed E-state index contributed by atoms with van der Waals surface area (Å²) in [5.74, 6) is 0. The number of benzene rings is 1. The monoisotopic (exact) mass is 400 g/mol. The maximum Gasteiger partial charge on any atom is 0.0991 e. The van der Waals surface area contributed by atoms with Crippen molar-refractivity contribution in [1.82, 2.24) is 14.9 Å². The molecule has 4 heteroatoms. The Labute approximate surface area is 180 Å². The van der Waals surface area contributed by atoms with Gasteiger partial charge >= 0.3 is 0 Å². The van der Waals surface area contributed by atoms with E-state index in [4.69, 9.17) is 0 Å². The lowest BCUT2D eigenvalue weighted by atomic mass is 9.96. The number of nitrogens with zero attached hydrogens (tertiary/aromatic N) is 3. The van der Waals surface area contributed by atoms with E-state index in [9.17, 15) is 5.26 Å². The highest BCUT2D eigenvalue weighted by Crippen LogP contribution is 2.23. The van der Waals surface area contributed by atoms with Crippen molar-refractivity contribution in [3.63, 3.8) is 0 Å². The fourth-order valence-corrected chi connectivity index (χ4v) is 3.38. The second kappa shape index (κ2) is 10.5. The number of allylic oxidation sites excluding steroid dienone is 1. The van der Waals surface area contributed by atoms with Crippen LogP contribution in [0.5, 0.6) is 0 Å². The Morgan fingerprint density at radius 1 is 1.27 bits per heavy atom. The smallest absolute Gasteiger partial charge is 0.0991 e. The molecule has 0 aliphatic carbocycles. The zero-order valence-electron chi connectivity index (χ0n) is 18.8. The van der Waals surface area contributed by atoms with E-state index in [1.54, 1.807) is 0 Å². The number of hydrogen-bond donors (Lipinski definition) is 1. The molecule has 2 aromatic rings. The fourth-order valence-electron chi connectivity index (χ4n) is 3.38. The van der Waals surface area contributed by atoms with E-state index < -0.39 is 0 Å². The molecule has 4 nitrogen and oxygen atoms in total. The minimum absolute atomic E-state index is 0.0322. The van der Waals surface area contributed by atoms with Gasteiger partial charge in [-0.1, -0.05) is 32.6 Å². The summed E-state index contributed by atoms with van der Waals surface area (Å²) in [5, 5.41) is 12.7. The molecule has 156 valence electrons. The molecular formula is C26H32N4. The van der Waals surface area contributed by atoms with Crippen molar-refractivity contribution in [2.24, 2.45) is 7.05 Å². The van der Waals surface area contributed by atoms with Gasteiger partial charge in [0.1, 0.15) is 0 Å². The van der Waals surface area contributed by atoms with Crippen LogP contribution in [0.3, 0.4) is 0 Å². The maximum absolute atomic E-state index is 9.24. The predicted molar refractivity (Wildman–Crippen MR) is 126 cm³/mol. The van der Waals surface area contributed by atoms with Gasteiger partial charge in [-0.3, -0.25) is 4.98 Å². The third-order valence-electron chi connectivity index (χ3n) is 5.02. The van der Waals surface area contributed by atoms with Crippen LogP contribution in [-0.2, 0) is 13.5 Å². The van der Waals surface area contributed by atoms with Gasteiger partial charge in [-0.25, -0.2) is 0 Å². The Morgan fingerprint density at radius 2 is 2.00 bits per heavy atom. The molecule has 0 fully saturated rings. The molecule has 1 aromatic heterocycles. The Kier molecular flexibility index (Phi) is 8.00. The summed E-state index contributed by atoms with van der Waals surface area (Å²) in [6, 6.07) is 12.2. The third-order valence-corrected chi connectivity index (χ3v) is 5.02. The van der Waals surface area contributed by atoms with Crippen LogP contribution in [0.15, 0.2) is 55.9 Å². The van der Waals surface area contributed by atoms with Crippen LogP contribution in [0.25, 0.3) is 11.3 Å². The molecule has 1 atom stereocenters. The number of aryl methyl sites for hydroxylation is 3. The zero-order valence-corrected chi connectivity index (χ0v) is 18.8. The van der Waals surface area contributed by atoms with Crippen LogP contribution < -0.4 is 5.32 Å². The second-order valence-electron chi connectivity index (χ2n) is 7.74. The molecule has 0 spiro atoms. The minimum Gasteiger partial charge on any atom is -0.377 e. The van der Waals surface area contributed by atoms with Crippen molar-refractivity contribution in [3.8, 4) is 6.07 Å². The number of nitriles is 1. The average Bonchev–Trinajstić information content (AvgIpc) is 2.78. The first-order valence-electron chi connectivity index (χ1n) is 10.3. The highest BCUT2D eigenvalue weighted by atomic mass is 14.9. The van der Waals surface area contributed by atoms with E-state index in [1.165, 1.54) is 11.1 Å². The van der Waals surface area contributed by atoms with E-state index in [-0.39, 0.29) is 6.04 Å². The van der Waals surface area contributed by atoms with Gasteiger partial charge in [0.2, 0.25) is 0 Å². The molecule has 1 N–H and O–H groups in total. The SMILES string of the molecule is C=C(NC(C)c1ccc(C#N)cc1CCC)c1cc(C(=C)C)n(C)ccc(C)cn1. The molecule has 0 saturated carbocycles. The summed E-state index contributed by atoms with van der Waals surface area (Å²) in [4.78, 5) is 4.68. The van der Waals surface area contributed by atoms with Crippen LogP contribution in [0.4, 0.5) is 0 Å². The minimum atomic E-state index is 0.0322. The Hall–Kier alpha value is -3.32. The van der Waals surface area contributed by atoms with Crippen LogP contribution in [0.1, 0.15) is 66.9 Å². The molecule has 0 amide bonds. The summed E-state index contributed by atoms with van der Waals surface area (Å²) in [6.07, 6.45) is 5.81. The van der Waals surface area contributed by atoms with Crippen LogP contribution in [0.2, 0.25) is 0 Å². The molecule has 0 saturated heterocycles. The van der Waals surface area contributed by atoms with Gasteiger partial charge in [-0.05, 0) is 73.7 Å². The number of rotatable bonds is 7. The molecule has 0 aliphatic heterocycles. The molecule has 0 radical (unpaired) electrons. The lowest BCUT2D eigenvalue weighted by Gasteiger charge is -2.20. The summed E-state index contributed by atoms with van der Waals surface area (Å²) in [7, 11) is 2.00. The molecular weight excluding hydrogens is 368 g/mol. The van der Waals surface area contributed by atoms with Crippen molar-refractivity contribution in [3.05, 3.63) is 89.5 Å². The fraction of sp³-hybridized carbons (Fsp3) is 0.308. The van der Waals surface area contributed by atoms with Gasteiger partial charge in [0, 0.05) is 31.2 Å². The van der Waals surface area contributed by atoms with Crippen LogP contribution >= 0.6 is 0 Å². The highest BCUT2D eigenvalue weighted by molar-refractivity contribution is 5.64. The number of hydrogen-bond acceptors (Lipinski definition) is 3. The molecule has 1 unspecified atom stereocenters. The van der Waals surface area contributed by atoms with Gasteiger partial charge in [0.25, 0.3) is 0 Å². The molecule has 2 rings (SSSR count). The first-order valence-corrected chi connectivity index (χ1v) is 10.3. The molecule has 30 heavy (non-hydrogen) atoms. The van der Waals surface area contributed by atoms with Gasteiger partial charge in [-0.15, -0.1) is 0 Å². The molecule has 0 aliphatic rings. The maximum atomic E-state index is 9.24. The lowest BCUT2D eigenvalue weighted by molar-refractivity contribution is 0.686. The Morgan fingerprint density at radius 3 is 2.63 bits per heavy atom. The van der Waals surface area contributed by atoms with Crippen molar-refractivity contribution >= 4 is 11.3 Å². The highest BCUT2D eigenvalue weighted by Gasteiger charge is 2.13. The molecule has 0 bridgehead atoms. The van der Waals surface area contributed by atoms with E-state index in [2.05, 4.69) is 43.4 Å². The quantitative estimate of drug-likeness (QED) is 0.617. The zero-order chi connectivity index (χ0) is 22.3. The summed E-state index contributed by atoms with van der Waals surface area (Å²) in [5.41, 5.74) is 7.55. The average molecular weight is 401 g/mol. The normalized spacial score (nSPS) is 11.2. The topological polar surface area (TPSA) is 53.6 Å². The Bertz CT molecular complexity index is 1040. The largest absolute Gasteiger partial charge is 0.377 e. The first-order chi connectivity index (χ1) is 14.3. The number of nitrogens with one attached hydrogen (secondary N) is 1. The van der Waals surface area contributed by atoms with Gasteiger partial charge < -0.3 is 9.88 Å². The standard InChI is InChI=1S/C26H32N4/c1-8-9-23-14-22(16-27)10-11-24(23)20(5)29-21(6)25-15-26(18(2)3)30(7)13-12-19(4)17-28-25/h10-15,17,20,29H,2,6,8-9H2,1,3-5,7H3. The predicted octanol–water partition coefficient (Wildman–Crippen LogP) is 6.03. The van der Waals surface area contributed by atoms with Crippen LogP contribution in [0, 0.1) is 18.3 Å². The molecule has 1 heterocycles. The summed E-state index contributed by atoms with van der Waals surface area (Å²) in [6.45, 7) is 16.6. The van der Waals surface area contributed by atoms with Crippen molar-refractivity contribution in [1.29, 1.82) is 5.26 Å². The van der Waals surface area contributed by atoms with Gasteiger partial charge in [0.05, 0.1) is 23.0 Å². The van der Waals surface area contributed by atoms with E-state index in [0.29, 0.717) is 5.56 Å². The van der Waals surface area contributed by atoms with Crippen molar-refractivity contribution < 1.29 is 0 Å². The molecule has 1 aromatic carbocycles. The van der Waals surface area contributed by atoms with Gasteiger partial charge in [-0.2, -0.15) is 5.26 Å². The lowest BCUT2D eigenvalue weighted by Crippen LogP contribution is -2.18. The van der Waals surface area contributed by atoms with Gasteiger partial charge in [0.15, 0.2) is 0 Å². The first kappa shape index (κ1) is 23.0. The van der Waals surface area contributed by atoms with E-state index in [1.807, 2.05) is 68.2 Å². The van der Waals surface area contributed by atoms with Crippen molar-refractivity contribution in [2.45, 2.75) is 46.6 Å². The Balaban J connectivity index is 2.45. The summed E-state index contributed by atoms with van der Waals surface area (Å²) >= 11 is 0. The van der Waals surface area contributed by atoms with E-state index >= 15 is 0 Å². The third kappa shape index (κ3) is 5.84. The summed E-state index contributed by atoms with van der Waals surface area (Å²) < 4.78 is 2.04. The van der Waals surface area contributed by atoms with Crippen molar-refractivity contribution in [2.75, 3.05) is 0 Å².